The van der Waals surface area contributed by atoms with Gasteiger partial charge in [-0.15, -0.1) is 0 Å². The van der Waals surface area contributed by atoms with Crippen molar-refractivity contribution in [1.82, 2.24) is 0 Å². The van der Waals surface area contributed by atoms with Crippen molar-refractivity contribution >= 4 is 39.8 Å². The van der Waals surface area contributed by atoms with Crippen molar-refractivity contribution in [2.75, 3.05) is 54.4 Å². The average molecular weight is 954 g/mol. The molecule has 2 aliphatic heterocycles. The Bertz CT molecular complexity index is 1040. The summed E-state index contributed by atoms with van der Waals surface area (Å²) in [5.41, 5.74) is 8.04. The number of likely N-dealkylation sites (tertiary alicyclic amines) is 2. The summed E-state index contributed by atoms with van der Waals surface area (Å²) >= 11 is -1.61. The number of rotatable bonds is 7. The summed E-state index contributed by atoms with van der Waals surface area (Å²) in [6, 6.07) is 9.89. The van der Waals surface area contributed by atoms with E-state index in [2.05, 4.69) is 28.2 Å². The van der Waals surface area contributed by atoms with Crippen LogP contribution in [0, 0.1) is 0 Å². The van der Waals surface area contributed by atoms with Crippen molar-refractivity contribution in [3.8, 4) is 0 Å². The van der Waals surface area contributed by atoms with Crippen molar-refractivity contribution in [3.63, 3.8) is 0 Å². The van der Waals surface area contributed by atoms with Crippen molar-refractivity contribution in [1.29, 1.82) is 0 Å². The number of quaternary nitrogens is 2. The van der Waals surface area contributed by atoms with Crippen LogP contribution in [0.25, 0.3) is 0 Å². The first kappa shape index (κ1) is 50.0. The zero-order valence-electron chi connectivity index (χ0n) is 34.9. The first-order valence-electron chi connectivity index (χ1n) is 22.2. The fraction of sp³-hybridized carbons (Fsp3) is 0.844. The van der Waals surface area contributed by atoms with Crippen LogP contribution in [-0.2, 0) is 13.5 Å². The SMILES string of the molecule is C[N+]1(C)CCC(P(C2CCCCC2)C2CCCCC2)CC1.C[N+]1(C)CCC(P(C2CCCCC2)C2CCCCC2)CC1.[Cl-].[Cl-].[Cl][Ru]([Cl])=[CH]c1ccccc1. The minimum absolute atomic E-state index is 0. The summed E-state index contributed by atoms with van der Waals surface area (Å²) in [5, 5.41) is 0. The molecule has 4 aliphatic carbocycles. The summed E-state index contributed by atoms with van der Waals surface area (Å²) in [6.07, 6.45) is 37.4. The maximum atomic E-state index is 5.67. The third kappa shape index (κ3) is 17.0. The molecule has 0 spiro atoms. The number of hydrogen-bond acceptors (Lipinski definition) is 0. The predicted molar refractivity (Wildman–Crippen MR) is 234 cm³/mol. The summed E-state index contributed by atoms with van der Waals surface area (Å²) in [5.74, 6) is 0. The van der Waals surface area contributed by atoms with Gasteiger partial charge in [-0.05, 0) is 85.3 Å². The molecule has 6 fully saturated rings. The van der Waals surface area contributed by atoms with Gasteiger partial charge in [0.1, 0.15) is 0 Å². The molecule has 0 bridgehead atoms. The fourth-order valence-corrected chi connectivity index (χ4v) is 21.9. The Kier molecular flexibility index (Phi) is 24.2. The monoisotopic (exact) mass is 952 g/mol. The van der Waals surface area contributed by atoms with Gasteiger partial charge < -0.3 is 33.8 Å². The summed E-state index contributed by atoms with van der Waals surface area (Å²) in [6.45, 7) is 5.79. The van der Waals surface area contributed by atoms with Crippen molar-refractivity contribution in [2.45, 2.75) is 188 Å². The van der Waals surface area contributed by atoms with Gasteiger partial charge in [0.2, 0.25) is 0 Å². The van der Waals surface area contributed by atoms with Crippen LogP contribution in [0.5, 0.6) is 0 Å². The average Bonchev–Trinajstić information content (AvgIpc) is 3.16. The maximum absolute atomic E-state index is 5.67. The topological polar surface area (TPSA) is 0 Å². The van der Waals surface area contributed by atoms with E-state index in [0.717, 1.165) is 39.5 Å². The van der Waals surface area contributed by atoms with E-state index in [4.69, 9.17) is 19.4 Å². The molecule has 54 heavy (non-hydrogen) atoms. The van der Waals surface area contributed by atoms with Crippen molar-refractivity contribution < 1.29 is 47.3 Å². The Balaban J connectivity index is 0.000000227. The van der Waals surface area contributed by atoms with E-state index in [9.17, 15) is 0 Å². The van der Waals surface area contributed by atoms with Gasteiger partial charge in [0.25, 0.3) is 0 Å². The molecule has 7 rings (SSSR count). The molecule has 0 amide bonds. The Hall–Kier alpha value is 1.65. The predicted octanol–water partition coefficient (Wildman–Crippen LogP) is 7.52. The number of halogens is 4. The molecule has 0 aromatic heterocycles. The standard InChI is InChI=1S/2C19H37NP.C7H6.4ClH.Ru/c2*1-20(2)15-13-19(14-16-20)21(17-9-5-3-6-10-17)18-11-7-4-8-12-18;1-7-5-3-2-4-6-7;;;;;/h2*17-19H,3-16H2,1-2H3;1-6H;4*1H;/q2*+1;;;;;;+2/p-4. The van der Waals surface area contributed by atoms with E-state index >= 15 is 0 Å². The molecule has 4 saturated carbocycles. The van der Waals surface area contributed by atoms with Gasteiger partial charge in [0.15, 0.2) is 0 Å². The molecule has 1 aromatic rings. The Labute approximate surface area is 362 Å². The van der Waals surface area contributed by atoms with E-state index in [-0.39, 0.29) is 24.8 Å². The molecule has 0 atom stereocenters. The molecule has 316 valence electrons. The first-order chi connectivity index (χ1) is 25.1. The quantitative estimate of drug-likeness (QED) is 0.151. The zero-order valence-corrected chi connectivity index (χ0v) is 41.4. The molecular formula is C45H80Cl4N2P2Ru. The normalized spacial score (nSPS) is 25.2. The van der Waals surface area contributed by atoms with E-state index in [1.54, 1.807) is 128 Å². The summed E-state index contributed by atoms with van der Waals surface area (Å²) < 4.78 is 4.50. The van der Waals surface area contributed by atoms with Crippen LogP contribution in [0.4, 0.5) is 0 Å². The van der Waals surface area contributed by atoms with Gasteiger partial charge in [-0.25, -0.2) is 0 Å². The van der Waals surface area contributed by atoms with Crippen LogP contribution < -0.4 is 24.8 Å². The third-order valence-electron chi connectivity index (χ3n) is 14.1. The minimum atomic E-state index is -1.61. The van der Waals surface area contributed by atoms with Crippen LogP contribution in [0.2, 0.25) is 0 Å². The van der Waals surface area contributed by atoms with Gasteiger partial charge in [-0.2, -0.15) is 0 Å². The molecule has 0 radical (unpaired) electrons. The third-order valence-corrected chi connectivity index (χ3v) is 24.1. The van der Waals surface area contributed by atoms with E-state index in [1.807, 2.05) is 34.9 Å². The Morgan fingerprint density at radius 3 is 0.963 bits per heavy atom. The van der Waals surface area contributed by atoms with E-state index in [1.165, 1.54) is 60.8 Å². The van der Waals surface area contributed by atoms with Crippen LogP contribution in [0.15, 0.2) is 30.3 Å². The van der Waals surface area contributed by atoms with Gasteiger partial charge >= 0.3 is 73.4 Å². The molecule has 0 unspecified atom stereocenters. The van der Waals surface area contributed by atoms with E-state index < -0.39 is 13.5 Å². The van der Waals surface area contributed by atoms with Crippen molar-refractivity contribution in [3.05, 3.63) is 35.9 Å². The number of benzene rings is 1. The van der Waals surface area contributed by atoms with E-state index in [0.29, 0.717) is 15.8 Å². The molecule has 0 N–H and O–H groups in total. The molecule has 2 saturated heterocycles. The summed E-state index contributed by atoms with van der Waals surface area (Å²) in [4.78, 5) is 0. The fourth-order valence-electron chi connectivity index (χ4n) is 11.0. The molecule has 2 heterocycles. The van der Waals surface area contributed by atoms with Gasteiger partial charge in [-0.1, -0.05) is 92.9 Å². The number of piperidine rings is 2. The van der Waals surface area contributed by atoms with Gasteiger partial charge in [0, 0.05) is 25.7 Å². The number of nitrogens with zero attached hydrogens (tertiary/aromatic N) is 2. The molecule has 2 nitrogen and oxygen atoms in total. The van der Waals surface area contributed by atoms with Crippen LogP contribution in [0.3, 0.4) is 0 Å². The molecule has 6 aliphatic rings. The summed E-state index contributed by atoms with van der Waals surface area (Å²) in [7, 11) is 21.8. The molecular weight excluding hydrogens is 873 g/mol. The van der Waals surface area contributed by atoms with Crippen LogP contribution in [0.1, 0.15) is 160 Å². The zero-order chi connectivity index (χ0) is 36.8. The Morgan fingerprint density at radius 1 is 0.444 bits per heavy atom. The van der Waals surface area contributed by atoms with Crippen LogP contribution in [-0.4, -0.2) is 102 Å². The van der Waals surface area contributed by atoms with Gasteiger partial charge in [-0.3, -0.25) is 0 Å². The molecule has 1 aromatic carbocycles. The van der Waals surface area contributed by atoms with Crippen LogP contribution >= 0.6 is 35.2 Å². The second-order valence-electron chi connectivity index (χ2n) is 19.0. The second kappa shape index (κ2) is 26.1. The Morgan fingerprint density at radius 2 is 0.704 bits per heavy atom. The number of hydrogen-bond donors (Lipinski definition) is 0. The first-order valence-corrected chi connectivity index (χ1v) is 30.8. The second-order valence-corrected chi connectivity index (χ2v) is 30.9. The van der Waals surface area contributed by atoms with Gasteiger partial charge in [0.05, 0.1) is 54.4 Å². The van der Waals surface area contributed by atoms with Crippen molar-refractivity contribution in [2.24, 2.45) is 0 Å². The molecule has 9 heteroatoms.